The lowest BCUT2D eigenvalue weighted by Gasteiger charge is -2.30. The first-order valence-corrected chi connectivity index (χ1v) is 7.87. The molecule has 0 aromatic carbocycles. The van der Waals surface area contributed by atoms with Crippen molar-refractivity contribution >= 4 is 19.5 Å². The van der Waals surface area contributed by atoms with Gasteiger partial charge in [0.1, 0.15) is 0 Å². The second-order valence-electron chi connectivity index (χ2n) is 6.77. The summed E-state index contributed by atoms with van der Waals surface area (Å²) in [7, 11) is -6.03. The van der Waals surface area contributed by atoms with Crippen molar-refractivity contribution in [3.8, 4) is 0 Å². The lowest BCUT2D eigenvalue weighted by atomic mass is 9.97. The smallest absolute Gasteiger partial charge is 0.417 e. The molecule has 0 atom stereocenters. The Morgan fingerprint density at radius 3 is 1.36 bits per heavy atom. The van der Waals surface area contributed by atoms with Gasteiger partial charge >= 0.3 is 31.5 Å². The van der Waals surface area contributed by atoms with Crippen LogP contribution in [0.5, 0.6) is 0 Å². The van der Waals surface area contributed by atoms with Gasteiger partial charge in [0, 0.05) is 0 Å². The molecule has 0 amide bonds. The summed E-state index contributed by atoms with van der Waals surface area (Å²) >= 11 is 0. The molecule has 10 heteroatoms. The van der Waals surface area contributed by atoms with E-state index in [4.69, 9.17) is 9.79 Å². The highest BCUT2D eigenvalue weighted by Gasteiger charge is 2.61. The van der Waals surface area contributed by atoms with Gasteiger partial charge < -0.3 is 19.3 Å². The molecule has 0 aliphatic rings. The largest absolute Gasteiger partial charge is 0.417 e. The second kappa shape index (κ2) is 6.22. The Morgan fingerprint density at radius 2 is 1.18 bits per heavy atom. The average molecular weight is 346 g/mol. The van der Waals surface area contributed by atoms with Crippen LogP contribution >= 0.6 is 7.60 Å². The first-order chi connectivity index (χ1) is 9.40. The van der Waals surface area contributed by atoms with E-state index in [0.29, 0.717) is 0 Å². The Bertz CT molecular complexity index is 457. The maximum absolute atomic E-state index is 13.8. The van der Waals surface area contributed by atoms with Crippen LogP contribution in [0.1, 0.15) is 41.5 Å². The molecule has 0 aromatic heterocycles. The minimum atomic E-state index is -6.03. The number of carbonyl (C=O) groups is 2. The van der Waals surface area contributed by atoms with Crippen molar-refractivity contribution in [2.24, 2.45) is 10.8 Å². The van der Waals surface area contributed by atoms with E-state index in [9.17, 15) is 22.9 Å². The molecule has 7 nitrogen and oxygen atoms in total. The van der Waals surface area contributed by atoms with Crippen LogP contribution in [0.4, 0.5) is 8.78 Å². The van der Waals surface area contributed by atoms with Crippen molar-refractivity contribution in [2.45, 2.75) is 53.5 Å². The normalized spacial score (nSPS) is 14.0. The zero-order valence-electron chi connectivity index (χ0n) is 13.2. The maximum atomic E-state index is 13.8. The van der Waals surface area contributed by atoms with Crippen LogP contribution in [-0.4, -0.2) is 33.7 Å². The van der Waals surface area contributed by atoms with E-state index >= 15 is 0 Å². The summed E-state index contributed by atoms with van der Waals surface area (Å²) in [5.41, 5.74) is -7.34. The molecule has 0 heterocycles. The molecule has 0 aliphatic heterocycles. The van der Waals surface area contributed by atoms with E-state index in [2.05, 4.69) is 9.47 Å². The quantitative estimate of drug-likeness (QED) is 0.456. The predicted octanol–water partition coefficient (Wildman–Crippen LogP) is 2.26. The molecule has 0 saturated heterocycles. The molecule has 0 aromatic rings. The summed E-state index contributed by atoms with van der Waals surface area (Å²) in [5, 5.41) is 0. The minimum Gasteiger partial charge on any atom is -0.417 e. The Morgan fingerprint density at radius 1 is 0.909 bits per heavy atom. The molecule has 0 radical (unpaired) electrons. The third-order valence-electron chi connectivity index (χ3n) is 2.32. The fourth-order valence-corrected chi connectivity index (χ4v) is 1.23. The Hall–Kier alpha value is -1.05. The van der Waals surface area contributed by atoms with Gasteiger partial charge in [-0.25, -0.2) is 0 Å². The molecule has 2 N–H and O–H groups in total. The molecule has 0 spiro atoms. The van der Waals surface area contributed by atoms with E-state index in [1.807, 2.05) is 0 Å². The summed E-state index contributed by atoms with van der Waals surface area (Å²) in [6.45, 7) is 8.05. The van der Waals surface area contributed by atoms with Crippen LogP contribution in [0, 0.1) is 10.8 Å². The molecular weight excluding hydrogens is 325 g/mol. The van der Waals surface area contributed by atoms with Gasteiger partial charge in [0.15, 0.2) is 0 Å². The van der Waals surface area contributed by atoms with Crippen molar-refractivity contribution < 1.29 is 42.2 Å². The molecule has 0 rings (SSSR count). The van der Waals surface area contributed by atoms with Gasteiger partial charge in [-0.3, -0.25) is 14.2 Å². The monoisotopic (exact) mass is 346 g/mol. The number of hydrogen-bond acceptors (Lipinski definition) is 5. The molecular formula is C12H21F2O7P. The highest BCUT2D eigenvalue weighted by Crippen LogP contribution is 2.56. The molecule has 0 aliphatic carbocycles. The summed E-state index contributed by atoms with van der Waals surface area (Å²) in [6.07, 6.45) is -3.02. The number of alkyl halides is 2. The van der Waals surface area contributed by atoms with Crippen molar-refractivity contribution in [1.29, 1.82) is 0 Å². The molecule has 0 bridgehead atoms. The van der Waals surface area contributed by atoms with E-state index in [-0.39, 0.29) is 0 Å². The van der Waals surface area contributed by atoms with Crippen molar-refractivity contribution in [3.63, 3.8) is 0 Å². The van der Waals surface area contributed by atoms with E-state index in [0.717, 1.165) is 0 Å². The Balaban J connectivity index is 5.58. The SMILES string of the molecule is CC(C)(C)C(=O)OC(OC(=O)C(C)(C)C)C(F)(F)P(=O)(O)O. The van der Waals surface area contributed by atoms with E-state index in [1.54, 1.807) is 0 Å². The van der Waals surface area contributed by atoms with Gasteiger partial charge in [0.05, 0.1) is 10.8 Å². The summed E-state index contributed by atoms with van der Waals surface area (Å²) in [6, 6.07) is 0. The summed E-state index contributed by atoms with van der Waals surface area (Å²) in [5.74, 6) is -2.40. The lowest BCUT2D eigenvalue weighted by Crippen LogP contribution is -2.44. The number of esters is 2. The second-order valence-corrected chi connectivity index (χ2v) is 8.46. The van der Waals surface area contributed by atoms with Gasteiger partial charge in [-0.1, -0.05) is 0 Å². The van der Waals surface area contributed by atoms with Crippen LogP contribution < -0.4 is 0 Å². The van der Waals surface area contributed by atoms with Gasteiger partial charge in [0.25, 0.3) is 0 Å². The van der Waals surface area contributed by atoms with Crippen LogP contribution in [-0.2, 0) is 23.6 Å². The number of carbonyl (C=O) groups excluding carboxylic acids is 2. The van der Waals surface area contributed by atoms with Crippen molar-refractivity contribution in [2.75, 3.05) is 0 Å². The topological polar surface area (TPSA) is 110 Å². The summed E-state index contributed by atoms with van der Waals surface area (Å²) < 4.78 is 47.2. The number of halogens is 2. The van der Waals surface area contributed by atoms with E-state index < -0.39 is 42.3 Å². The molecule has 0 fully saturated rings. The van der Waals surface area contributed by atoms with Crippen LogP contribution in [0.3, 0.4) is 0 Å². The average Bonchev–Trinajstić information content (AvgIpc) is 2.23. The first-order valence-electron chi connectivity index (χ1n) is 6.26. The van der Waals surface area contributed by atoms with Gasteiger partial charge in [-0.2, -0.15) is 8.78 Å². The predicted molar refractivity (Wildman–Crippen MR) is 71.9 cm³/mol. The van der Waals surface area contributed by atoms with Gasteiger partial charge in [0.2, 0.25) is 0 Å². The number of hydrogen-bond donors (Lipinski definition) is 2. The number of ether oxygens (including phenoxy) is 2. The fourth-order valence-electron chi connectivity index (χ4n) is 0.851. The third kappa shape index (κ3) is 5.30. The van der Waals surface area contributed by atoms with Crippen LogP contribution in [0.25, 0.3) is 0 Å². The Kier molecular flexibility index (Phi) is 5.92. The van der Waals surface area contributed by atoms with E-state index in [1.165, 1.54) is 41.5 Å². The van der Waals surface area contributed by atoms with Gasteiger partial charge in [-0.05, 0) is 41.5 Å². The molecule has 130 valence electrons. The number of rotatable bonds is 4. The minimum absolute atomic E-state index is 1.20. The maximum Gasteiger partial charge on any atom is 0.417 e. The van der Waals surface area contributed by atoms with Crippen molar-refractivity contribution in [1.82, 2.24) is 0 Å². The zero-order chi connectivity index (χ0) is 18.1. The van der Waals surface area contributed by atoms with Gasteiger partial charge in [-0.15, -0.1) is 0 Å². The standard InChI is InChI=1S/C12H21F2O7P/c1-10(2,3)7(15)20-9(12(13,14)22(17,18)19)21-8(16)11(4,5)6/h9H,1-6H3,(H2,17,18,19). The molecule has 0 unspecified atom stereocenters. The van der Waals surface area contributed by atoms with Crippen LogP contribution in [0.2, 0.25) is 0 Å². The third-order valence-corrected chi connectivity index (χ3v) is 3.31. The van der Waals surface area contributed by atoms with Crippen LogP contribution in [0.15, 0.2) is 0 Å². The highest BCUT2D eigenvalue weighted by atomic mass is 31.2. The Labute approximate surface area is 127 Å². The molecule has 0 saturated carbocycles. The zero-order valence-corrected chi connectivity index (χ0v) is 14.1. The highest BCUT2D eigenvalue weighted by molar-refractivity contribution is 7.53. The lowest BCUT2D eigenvalue weighted by molar-refractivity contribution is -0.234. The first kappa shape index (κ1) is 20.9. The summed E-state index contributed by atoms with van der Waals surface area (Å²) in [4.78, 5) is 40.8. The van der Waals surface area contributed by atoms with Crippen molar-refractivity contribution in [3.05, 3.63) is 0 Å². The molecule has 22 heavy (non-hydrogen) atoms. The fraction of sp³-hybridized carbons (Fsp3) is 0.833.